The van der Waals surface area contributed by atoms with E-state index in [9.17, 15) is 19.5 Å². The Morgan fingerprint density at radius 1 is 0.369 bits per heavy atom. The molecule has 0 saturated carbocycles. The number of aliphatic carboxylic acids is 1. The van der Waals surface area contributed by atoms with Gasteiger partial charge in [0.1, 0.15) is 13.2 Å². The van der Waals surface area contributed by atoms with Gasteiger partial charge in [-0.25, -0.2) is 4.79 Å². The molecule has 2 unspecified atom stereocenters. The molecule has 9 heteroatoms. The summed E-state index contributed by atoms with van der Waals surface area (Å²) < 4.78 is 23.0. The molecule has 0 aliphatic rings. The number of carboxylic acid groups (broad SMARTS) is 1. The maximum Gasteiger partial charge on any atom is 0.361 e. The van der Waals surface area contributed by atoms with E-state index in [1.807, 2.05) is 21.1 Å². The Hall–Kier alpha value is -3.53. The van der Waals surface area contributed by atoms with Gasteiger partial charge in [-0.3, -0.25) is 9.59 Å². The van der Waals surface area contributed by atoms with Crippen LogP contribution in [0.3, 0.4) is 0 Å². The number of hydrogen-bond donors (Lipinski definition) is 1. The quantitative estimate of drug-likeness (QED) is 0.0211. The molecule has 0 heterocycles. The van der Waals surface area contributed by atoms with Crippen molar-refractivity contribution in [1.82, 2.24) is 0 Å². The monoisotopic (exact) mass is 1180 g/mol. The molecular formula is C75H134NO8+. The highest BCUT2D eigenvalue weighted by atomic mass is 16.7. The predicted octanol–water partition coefficient (Wildman–Crippen LogP) is 21.9. The molecular weight excluding hydrogens is 1040 g/mol. The molecule has 0 spiro atoms. The Labute approximate surface area is 519 Å². The van der Waals surface area contributed by atoms with E-state index >= 15 is 0 Å². The molecule has 84 heavy (non-hydrogen) atoms. The van der Waals surface area contributed by atoms with Gasteiger partial charge in [0, 0.05) is 12.8 Å². The molecule has 0 aliphatic carbocycles. The fourth-order valence-corrected chi connectivity index (χ4v) is 10.0. The number of carbonyl (C=O) groups excluding carboxylic acids is 2. The molecule has 0 aromatic carbocycles. The maximum absolute atomic E-state index is 12.9. The maximum atomic E-state index is 12.9. The fourth-order valence-electron chi connectivity index (χ4n) is 10.0. The summed E-state index contributed by atoms with van der Waals surface area (Å²) in [6.45, 7) is 4.77. The number of quaternary nitrogens is 1. The van der Waals surface area contributed by atoms with Crippen LogP contribution in [-0.4, -0.2) is 87.4 Å². The zero-order valence-electron chi connectivity index (χ0n) is 55.6. The second kappa shape index (κ2) is 65.4. The molecule has 0 bridgehead atoms. The van der Waals surface area contributed by atoms with Crippen LogP contribution in [0, 0.1) is 0 Å². The Morgan fingerprint density at radius 2 is 0.679 bits per heavy atom. The van der Waals surface area contributed by atoms with Gasteiger partial charge in [0.25, 0.3) is 6.29 Å². The molecule has 0 saturated heterocycles. The average Bonchev–Trinajstić information content (AvgIpc) is 3.52. The van der Waals surface area contributed by atoms with Gasteiger partial charge in [0.15, 0.2) is 6.10 Å². The van der Waals surface area contributed by atoms with Gasteiger partial charge < -0.3 is 28.5 Å². The van der Waals surface area contributed by atoms with Crippen LogP contribution in [0.5, 0.6) is 0 Å². The Bertz CT molecular complexity index is 1650. The molecule has 0 aromatic rings. The topological polar surface area (TPSA) is 108 Å². The first-order valence-electron chi connectivity index (χ1n) is 35.3. The van der Waals surface area contributed by atoms with Gasteiger partial charge in [-0.15, -0.1) is 0 Å². The Balaban J connectivity index is 3.97. The largest absolute Gasteiger partial charge is 0.477 e. The smallest absolute Gasteiger partial charge is 0.361 e. The Morgan fingerprint density at radius 3 is 1.01 bits per heavy atom. The van der Waals surface area contributed by atoms with E-state index in [2.05, 4.69) is 98.9 Å². The molecule has 0 aromatic heterocycles. The van der Waals surface area contributed by atoms with Crippen molar-refractivity contribution in [2.75, 3.05) is 47.5 Å². The number of likely N-dealkylation sites (N-methyl/N-ethyl adjacent to an activating group) is 1. The number of ether oxygens (including phenoxy) is 4. The van der Waals surface area contributed by atoms with E-state index < -0.39 is 24.3 Å². The normalized spacial score (nSPS) is 13.2. The van der Waals surface area contributed by atoms with Gasteiger partial charge in [-0.2, -0.15) is 0 Å². The highest BCUT2D eigenvalue weighted by molar-refractivity contribution is 5.71. The van der Waals surface area contributed by atoms with Crippen LogP contribution in [0.1, 0.15) is 316 Å². The summed E-state index contributed by atoms with van der Waals surface area (Å²) in [7, 11) is 5.98. The van der Waals surface area contributed by atoms with Crippen molar-refractivity contribution < 1.29 is 42.9 Å². The fraction of sp³-hybridized carbons (Fsp3) is 0.773. The van der Waals surface area contributed by atoms with E-state index in [1.54, 1.807) is 0 Å². The lowest BCUT2D eigenvalue weighted by atomic mass is 10.0. The SMILES string of the molecule is CC/C=C\C/C=C\C/C=C\C/C=C\C/C=C\CCCCCCCCCCCCCCCCCCCCCCCCCCCC(=O)OC(COC(=O)CCCCCCCCC/C=C\C/C=C\CCCCCC)COC(OCC[N+](C)(C)C)C(=O)O. The van der Waals surface area contributed by atoms with Gasteiger partial charge in [-0.05, 0) is 89.9 Å². The molecule has 2 atom stereocenters. The molecule has 1 N–H and O–H groups in total. The number of rotatable bonds is 65. The summed E-state index contributed by atoms with van der Waals surface area (Å²) in [5, 5.41) is 9.73. The summed E-state index contributed by atoms with van der Waals surface area (Å²) in [6.07, 6.45) is 85.7. The van der Waals surface area contributed by atoms with Crippen molar-refractivity contribution in [2.45, 2.75) is 328 Å². The number of hydrogen-bond acceptors (Lipinski definition) is 7. The zero-order chi connectivity index (χ0) is 61.2. The first kappa shape index (κ1) is 80.5. The van der Waals surface area contributed by atoms with Crippen LogP contribution in [0.2, 0.25) is 0 Å². The number of unbranched alkanes of at least 4 members (excludes halogenated alkanes) is 36. The van der Waals surface area contributed by atoms with Crippen molar-refractivity contribution in [1.29, 1.82) is 0 Å². The summed E-state index contributed by atoms with van der Waals surface area (Å²) in [4.78, 5) is 37.5. The standard InChI is InChI=1S/C75H133NO8/c1-6-8-10-12-14-16-18-20-22-24-26-27-28-29-30-31-32-33-34-35-36-37-38-39-40-41-42-43-44-45-46-47-48-50-52-54-56-58-60-62-64-66-73(78)84-71(70-83-75(74(79)80)81-68-67-76(3,4)5)69-82-72(77)65-63-61-59-57-55-53-51-49-25-23-21-19-17-15-13-11-9-7-2/h8,10,14,16-17,19-20,22-23,25-27,29-30,71,75H,6-7,9,11-13,15,18,21,24,28,31-70H2,1-5H3/p+1/b10-8-,16-14-,19-17-,22-20-,25-23-,27-26-,30-29-. The summed E-state index contributed by atoms with van der Waals surface area (Å²) >= 11 is 0. The highest BCUT2D eigenvalue weighted by Gasteiger charge is 2.25. The molecule has 0 radical (unpaired) electrons. The molecule has 486 valence electrons. The van der Waals surface area contributed by atoms with Crippen LogP contribution in [-0.2, 0) is 33.3 Å². The second-order valence-electron chi connectivity index (χ2n) is 24.8. The number of nitrogens with zero attached hydrogens (tertiary/aromatic N) is 1. The third-order valence-electron chi connectivity index (χ3n) is 15.4. The van der Waals surface area contributed by atoms with Crippen LogP contribution >= 0.6 is 0 Å². The average molecular weight is 1180 g/mol. The summed E-state index contributed by atoms with van der Waals surface area (Å²) in [5.74, 6) is -2.00. The van der Waals surface area contributed by atoms with E-state index in [1.165, 1.54) is 199 Å². The number of esters is 2. The molecule has 0 aliphatic heterocycles. The van der Waals surface area contributed by atoms with E-state index in [4.69, 9.17) is 18.9 Å². The molecule has 0 amide bonds. The van der Waals surface area contributed by atoms with Crippen LogP contribution in [0.25, 0.3) is 0 Å². The van der Waals surface area contributed by atoms with Gasteiger partial charge in [-0.1, -0.05) is 298 Å². The third-order valence-corrected chi connectivity index (χ3v) is 15.4. The first-order chi connectivity index (χ1) is 41.1. The van der Waals surface area contributed by atoms with Crippen LogP contribution < -0.4 is 0 Å². The van der Waals surface area contributed by atoms with E-state index in [0.717, 1.165) is 89.9 Å². The molecule has 0 rings (SSSR count). The highest BCUT2D eigenvalue weighted by Crippen LogP contribution is 2.18. The van der Waals surface area contributed by atoms with Crippen molar-refractivity contribution >= 4 is 17.9 Å². The minimum absolute atomic E-state index is 0.185. The lowest BCUT2D eigenvalue weighted by Gasteiger charge is -2.25. The second-order valence-corrected chi connectivity index (χ2v) is 24.8. The molecule has 0 fully saturated rings. The van der Waals surface area contributed by atoms with Gasteiger partial charge >= 0.3 is 17.9 Å². The lowest BCUT2D eigenvalue weighted by Crippen LogP contribution is -2.40. The zero-order valence-corrected chi connectivity index (χ0v) is 55.6. The minimum atomic E-state index is -1.51. The van der Waals surface area contributed by atoms with Crippen LogP contribution in [0.15, 0.2) is 85.1 Å². The number of carbonyl (C=O) groups is 3. The first-order valence-corrected chi connectivity index (χ1v) is 35.3. The number of allylic oxidation sites excluding steroid dienone is 14. The number of carboxylic acids is 1. The van der Waals surface area contributed by atoms with E-state index in [-0.39, 0.29) is 32.2 Å². The lowest BCUT2D eigenvalue weighted by molar-refractivity contribution is -0.870. The Kier molecular flexibility index (Phi) is 62.7. The van der Waals surface area contributed by atoms with Crippen LogP contribution in [0.4, 0.5) is 0 Å². The summed E-state index contributed by atoms with van der Waals surface area (Å²) in [5.41, 5.74) is 0. The van der Waals surface area contributed by atoms with Crippen molar-refractivity contribution in [3.05, 3.63) is 85.1 Å². The minimum Gasteiger partial charge on any atom is -0.477 e. The third kappa shape index (κ3) is 66.0. The molecule has 9 nitrogen and oxygen atoms in total. The summed E-state index contributed by atoms with van der Waals surface area (Å²) in [6, 6.07) is 0. The van der Waals surface area contributed by atoms with Gasteiger partial charge in [0.2, 0.25) is 0 Å². The predicted molar refractivity (Wildman–Crippen MR) is 359 cm³/mol. The van der Waals surface area contributed by atoms with E-state index in [0.29, 0.717) is 17.4 Å². The van der Waals surface area contributed by atoms with Crippen molar-refractivity contribution in [2.24, 2.45) is 0 Å². The van der Waals surface area contributed by atoms with Crippen molar-refractivity contribution in [3.8, 4) is 0 Å². The van der Waals surface area contributed by atoms with Crippen molar-refractivity contribution in [3.63, 3.8) is 0 Å². The van der Waals surface area contributed by atoms with Gasteiger partial charge in [0.05, 0.1) is 34.4 Å².